The summed E-state index contributed by atoms with van der Waals surface area (Å²) in [5.41, 5.74) is 4.79. The first-order chi connectivity index (χ1) is 10.3. The van der Waals surface area contributed by atoms with E-state index in [9.17, 15) is 0 Å². The van der Waals surface area contributed by atoms with Crippen molar-refractivity contribution >= 4 is 18.2 Å². The van der Waals surface area contributed by atoms with Crippen molar-refractivity contribution in [3.63, 3.8) is 0 Å². The summed E-state index contributed by atoms with van der Waals surface area (Å²) >= 11 is 0. The lowest BCUT2D eigenvalue weighted by atomic mass is 10.1. The van der Waals surface area contributed by atoms with Gasteiger partial charge in [0.2, 0.25) is 5.69 Å². The van der Waals surface area contributed by atoms with Gasteiger partial charge in [-0.2, -0.15) is 10.4 Å². The molecule has 0 saturated heterocycles. The molecule has 6 nitrogen and oxygen atoms in total. The molecule has 2 aromatic rings. The van der Waals surface area contributed by atoms with Gasteiger partial charge in [-0.1, -0.05) is 18.2 Å². The van der Waals surface area contributed by atoms with Gasteiger partial charge in [-0.25, -0.2) is 10.4 Å². The van der Waals surface area contributed by atoms with E-state index < -0.39 is 0 Å². The molecular weight excluding hydrogens is 268 g/mol. The Hall–Kier alpha value is -3.07. The molecule has 21 heavy (non-hydrogen) atoms. The summed E-state index contributed by atoms with van der Waals surface area (Å²) < 4.78 is 10.9. The maximum absolute atomic E-state index is 8.89. The van der Waals surface area contributed by atoms with Crippen LogP contribution in [0.1, 0.15) is 17.1 Å². The summed E-state index contributed by atoms with van der Waals surface area (Å²) in [5, 5.41) is 12.9. The van der Waals surface area contributed by atoms with Crippen molar-refractivity contribution in [2.24, 2.45) is 5.10 Å². The molecule has 0 spiro atoms. The zero-order chi connectivity index (χ0) is 14.7. The Balaban J connectivity index is 1.73. The first-order valence-electron chi connectivity index (χ1n) is 6.35. The maximum atomic E-state index is 8.89. The SMILES string of the molecule is Cc1nc(C#N)c(N/N=C/C2=Cc3ccccc3OC2)o1. The lowest BCUT2D eigenvalue weighted by Gasteiger charge is -2.15. The molecule has 0 aliphatic carbocycles. The number of aryl methyl sites for hydroxylation is 1. The molecule has 0 radical (unpaired) electrons. The summed E-state index contributed by atoms with van der Waals surface area (Å²) in [6, 6.07) is 9.72. The average Bonchev–Trinajstić information content (AvgIpc) is 2.87. The number of hydrogen-bond donors (Lipinski definition) is 1. The van der Waals surface area contributed by atoms with Gasteiger partial charge in [-0.3, -0.25) is 0 Å². The number of fused-ring (bicyclic) bond motifs is 1. The van der Waals surface area contributed by atoms with E-state index in [0.717, 1.165) is 16.9 Å². The summed E-state index contributed by atoms with van der Waals surface area (Å²) in [6.07, 6.45) is 3.63. The zero-order valence-electron chi connectivity index (χ0n) is 11.3. The zero-order valence-corrected chi connectivity index (χ0v) is 11.3. The van der Waals surface area contributed by atoms with Gasteiger partial charge in [-0.05, 0) is 12.1 Å². The molecule has 0 atom stereocenters. The number of hydrazone groups is 1. The van der Waals surface area contributed by atoms with Crippen molar-refractivity contribution in [3.05, 3.63) is 47.0 Å². The van der Waals surface area contributed by atoms with Crippen molar-refractivity contribution < 1.29 is 9.15 Å². The molecule has 3 rings (SSSR count). The second-order valence-electron chi connectivity index (χ2n) is 4.44. The Morgan fingerprint density at radius 2 is 2.29 bits per heavy atom. The molecule has 2 heterocycles. The van der Waals surface area contributed by atoms with Crippen molar-refractivity contribution in [3.8, 4) is 11.8 Å². The predicted molar refractivity (Wildman–Crippen MR) is 78.0 cm³/mol. The number of aromatic nitrogens is 1. The molecule has 1 aliphatic rings. The highest BCUT2D eigenvalue weighted by molar-refractivity contribution is 5.88. The van der Waals surface area contributed by atoms with Crippen LogP contribution in [0.4, 0.5) is 5.88 Å². The summed E-state index contributed by atoms with van der Waals surface area (Å²) in [6.45, 7) is 2.12. The van der Waals surface area contributed by atoms with Crippen LogP contribution in [0.3, 0.4) is 0 Å². The van der Waals surface area contributed by atoms with Gasteiger partial charge in [0.15, 0.2) is 5.89 Å². The molecule has 0 saturated carbocycles. The molecule has 1 N–H and O–H groups in total. The van der Waals surface area contributed by atoms with E-state index in [0.29, 0.717) is 12.5 Å². The quantitative estimate of drug-likeness (QED) is 0.690. The van der Waals surface area contributed by atoms with Gasteiger partial charge >= 0.3 is 0 Å². The van der Waals surface area contributed by atoms with Crippen LogP contribution >= 0.6 is 0 Å². The van der Waals surface area contributed by atoms with Gasteiger partial charge in [-0.15, -0.1) is 0 Å². The highest BCUT2D eigenvalue weighted by Crippen LogP contribution is 2.25. The van der Waals surface area contributed by atoms with E-state index in [1.165, 1.54) is 0 Å². The first kappa shape index (κ1) is 12.9. The number of benzene rings is 1. The number of para-hydroxylation sites is 1. The van der Waals surface area contributed by atoms with Gasteiger partial charge in [0, 0.05) is 18.1 Å². The van der Waals surface area contributed by atoms with E-state index in [1.54, 1.807) is 13.1 Å². The second-order valence-corrected chi connectivity index (χ2v) is 4.44. The predicted octanol–water partition coefficient (Wildman–Crippen LogP) is 2.73. The number of rotatable bonds is 3. The second kappa shape index (κ2) is 5.51. The summed E-state index contributed by atoms with van der Waals surface area (Å²) in [5.74, 6) is 1.52. The average molecular weight is 280 g/mol. The highest BCUT2D eigenvalue weighted by Gasteiger charge is 2.10. The van der Waals surface area contributed by atoms with Crippen LogP contribution in [0.25, 0.3) is 6.08 Å². The Morgan fingerprint density at radius 1 is 1.43 bits per heavy atom. The number of hydrogen-bond acceptors (Lipinski definition) is 6. The van der Waals surface area contributed by atoms with Crippen molar-refractivity contribution in [1.82, 2.24) is 4.98 Å². The Morgan fingerprint density at radius 3 is 3.14 bits per heavy atom. The molecule has 104 valence electrons. The van der Waals surface area contributed by atoms with E-state index in [-0.39, 0.29) is 11.6 Å². The monoisotopic (exact) mass is 280 g/mol. The van der Waals surface area contributed by atoms with Gasteiger partial charge in [0.25, 0.3) is 5.88 Å². The van der Waals surface area contributed by atoms with Crippen molar-refractivity contribution in [2.45, 2.75) is 6.92 Å². The van der Waals surface area contributed by atoms with Crippen molar-refractivity contribution in [2.75, 3.05) is 12.0 Å². The Kier molecular flexibility index (Phi) is 3.39. The fraction of sp³-hybridized carbons (Fsp3) is 0.133. The van der Waals surface area contributed by atoms with Crippen LogP contribution in [-0.2, 0) is 0 Å². The fourth-order valence-electron chi connectivity index (χ4n) is 1.96. The molecule has 1 aromatic carbocycles. The van der Waals surface area contributed by atoms with Gasteiger partial charge in [0.05, 0.1) is 6.21 Å². The lowest BCUT2D eigenvalue weighted by molar-refractivity contribution is 0.353. The highest BCUT2D eigenvalue weighted by atomic mass is 16.5. The van der Waals surface area contributed by atoms with E-state index in [2.05, 4.69) is 15.5 Å². The van der Waals surface area contributed by atoms with Crippen LogP contribution < -0.4 is 10.2 Å². The summed E-state index contributed by atoms with van der Waals surface area (Å²) in [7, 11) is 0. The Labute approximate surface area is 121 Å². The topological polar surface area (TPSA) is 83.4 Å². The third-order valence-corrected chi connectivity index (χ3v) is 2.89. The molecule has 0 amide bonds. The number of ether oxygens (including phenoxy) is 1. The van der Waals surface area contributed by atoms with Crippen molar-refractivity contribution in [1.29, 1.82) is 5.26 Å². The molecule has 1 aliphatic heterocycles. The molecule has 0 unspecified atom stereocenters. The number of nitrogens with zero attached hydrogens (tertiary/aromatic N) is 3. The molecule has 1 aromatic heterocycles. The normalized spacial score (nSPS) is 13.2. The number of nitriles is 1. The summed E-state index contributed by atoms with van der Waals surface area (Å²) in [4.78, 5) is 3.92. The molecule has 0 fully saturated rings. The number of nitrogens with one attached hydrogen (secondary N) is 1. The van der Waals surface area contributed by atoms with E-state index >= 15 is 0 Å². The third-order valence-electron chi connectivity index (χ3n) is 2.89. The third kappa shape index (κ3) is 2.77. The minimum Gasteiger partial charge on any atom is -0.488 e. The molecular formula is C15H12N4O2. The van der Waals surface area contributed by atoms with E-state index in [1.807, 2.05) is 36.4 Å². The number of anilines is 1. The van der Waals surface area contributed by atoms with E-state index in [4.69, 9.17) is 14.4 Å². The smallest absolute Gasteiger partial charge is 0.252 e. The number of oxazole rings is 1. The lowest BCUT2D eigenvalue weighted by Crippen LogP contribution is -2.08. The van der Waals surface area contributed by atoms with Crippen LogP contribution in [0, 0.1) is 18.3 Å². The van der Waals surface area contributed by atoms with Crippen LogP contribution in [0.15, 0.2) is 39.4 Å². The largest absolute Gasteiger partial charge is 0.488 e. The van der Waals surface area contributed by atoms with Crippen LogP contribution in [-0.4, -0.2) is 17.8 Å². The van der Waals surface area contributed by atoms with Crippen LogP contribution in [0.2, 0.25) is 0 Å². The first-order valence-corrected chi connectivity index (χ1v) is 6.35. The minimum absolute atomic E-state index is 0.184. The van der Waals surface area contributed by atoms with Gasteiger partial charge < -0.3 is 9.15 Å². The molecule has 0 bridgehead atoms. The minimum atomic E-state index is 0.184. The molecule has 6 heteroatoms. The maximum Gasteiger partial charge on any atom is 0.252 e. The standard InChI is InChI=1S/C15H12N4O2/c1-10-18-13(7-16)15(21-10)19-17-8-11-6-12-4-2-3-5-14(12)20-9-11/h2-6,8,19H,9H2,1H3/b17-8+. The van der Waals surface area contributed by atoms with Gasteiger partial charge in [0.1, 0.15) is 18.4 Å². The fourth-order valence-corrected chi connectivity index (χ4v) is 1.96. The Bertz CT molecular complexity index is 768. The van der Waals surface area contributed by atoms with Crippen LogP contribution in [0.5, 0.6) is 5.75 Å².